The first-order chi connectivity index (χ1) is 8.58. The molecule has 5 heteroatoms. The first-order valence-electron chi connectivity index (χ1n) is 5.91. The number of phenols is 2. The molecule has 1 aliphatic heterocycles. The summed E-state index contributed by atoms with van der Waals surface area (Å²) < 4.78 is 0. The second-order valence-electron chi connectivity index (χ2n) is 4.56. The van der Waals surface area contributed by atoms with E-state index in [1.54, 1.807) is 0 Å². The predicted octanol–water partition coefficient (Wildman–Crippen LogP) is 1.72. The van der Waals surface area contributed by atoms with Gasteiger partial charge in [-0.2, -0.15) is 11.8 Å². The van der Waals surface area contributed by atoms with E-state index in [1.807, 2.05) is 23.7 Å². The zero-order valence-corrected chi connectivity index (χ0v) is 11.1. The Labute approximate surface area is 111 Å². The van der Waals surface area contributed by atoms with Crippen molar-refractivity contribution in [2.24, 2.45) is 0 Å². The molecule has 1 unspecified atom stereocenters. The van der Waals surface area contributed by atoms with E-state index < -0.39 is 0 Å². The Bertz CT molecular complexity index is 444. The maximum absolute atomic E-state index is 12.1. The summed E-state index contributed by atoms with van der Waals surface area (Å²) in [5, 5.41) is 18.8. The Kier molecular flexibility index (Phi) is 4.14. The van der Waals surface area contributed by atoms with E-state index in [-0.39, 0.29) is 22.8 Å². The van der Waals surface area contributed by atoms with Gasteiger partial charge in [0.25, 0.3) is 0 Å². The van der Waals surface area contributed by atoms with Crippen molar-refractivity contribution in [2.75, 3.05) is 25.1 Å². The molecule has 1 saturated heterocycles. The lowest BCUT2D eigenvalue weighted by Gasteiger charge is -2.22. The Balaban J connectivity index is 2.02. The van der Waals surface area contributed by atoms with E-state index in [0.717, 1.165) is 17.9 Å². The van der Waals surface area contributed by atoms with E-state index >= 15 is 0 Å². The van der Waals surface area contributed by atoms with Gasteiger partial charge in [0.1, 0.15) is 11.5 Å². The van der Waals surface area contributed by atoms with Gasteiger partial charge in [0.15, 0.2) is 5.78 Å². The second kappa shape index (κ2) is 5.63. The third-order valence-electron chi connectivity index (χ3n) is 3.20. The van der Waals surface area contributed by atoms with Gasteiger partial charge in [-0.05, 0) is 31.4 Å². The van der Waals surface area contributed by atoms with Crippen molar-refractivity contribution >= 4 is 17.5 Å². The standard InChI is InChI=1S/C13H17NO3S/c1-14(9-4-5-18-8-9)7-13(17)11-3-2-10(15)6-12(11)16/h2-3,6,9,15-16H,4-5,7-8H2,1H3. The van der Waals surface area contributed by atoms with Crippen molar-refractivity contribution in [3.05, 3.63) is 23.8 Å². The van der Waals surface area contributed by atoms with Crippen molar-refractivity contribution in [3.63, 3.8) is 0 Å². The number of thioether (sulfide) groups is 1. The van der Waals surface area contributed by atoms with Crippen LogP contribution in [0.1, 0.15) is 16.8 Å². The highest BCUT2D eigenvalue weighted by Gasteiger charge is 2.23. The van der Waals surface area contributed by atoms with Crippen molar-refractivity contribution in [1.82, 2.24) is 4.90 Å². The quantitative estimate of drug-likeness (QED) is 0.813. The van der Waals surface area contributed by atoms with E-state index in [9.17, 15) is 15.0 Å². The average molecular weight is 267 g/mol. The molecule has 0 spiro atoms. The minimum atomic E-state index is -0.158. The van der Waals surface area contributed by atoms with Crippen LogP contribution in [-0.2, 0) is 0 Å². The third kappa shape index (κ3) is 2.97. The summed E-state index contributed by atoms with van der Waals surface area (Å²) in [6.45, 7) is 0.295. The number of phenolic OH excluding ortho intramolecular Hbond substituents is 2. The number of likely N-dealkylation sites (N-methyl/N-ethyl adjacent to an activating group) is 1. The second-order valence-corrected chi connectivity index (χ2v) is 5.71. The predicted molar refractivity (Wildman–Crippen MR) is 72.5 cm³/mol. The highest BCUT2D eigenvalue weighted by atomic mass is 32.2. The van der Waals surface area contributed by atoms with Gasteiger partial charge in [-0.15, -0.1) is 0 Å². The number of benzene rings is 1. The van der Waals surface area contributed by atoms with Gasteiger partial charge in [0.05, 0.1) is 12.1 Å². The number of nitrogens with zero attached hydrogens (tertiary/aromatic N) is 1. The molecule has 2 rings (SSSR count). The fourth-order valence-electron chi connectivity index (χ4n) is 2.07. The molecule has 1 aliphatic rings. The molecule has 0 radical (unpaired) electrons. The van der Waals surface area contributed by atoms with Gasteiger partial charge in [-0.1, -0.05) is 0 Å². The molecule has 98 valence electrons. The Hall–Kier alpha value is -1.20. The van der Waals surface area contributed by atoms with Crippen molar-refractivity contribution in [1.29, 1.82) is 0 Å². The average Bonchev–Trinajstić information content (AvgIpc) is 2.81. The Morgan fingerprint density at radius 1 is 1.50 bits per heavy atom. The molecule has 0 aliphatic carbocycles. The molecule has 1 heterocycles. The topological polar surface area (TPSA) is 60.8 Å². The molecule has 4 nitrogen and oxygen atoms in total. The number of Topliss-reactive ketones (excluding diaryl/α,β-unsaturated/α-hetero) is 1. The maximum Gasteiger partial charge on any atom is 0.180 e. The molecule has 2 N–H and O–H groups in total. The zero-order chi connectivity index (χ0) is 13.1. The number of aromatic hydroxyl groups is 2. The lowest BCUT2D eigenvalue weighted by molar-refractivity contribution is 0.0924. The number of rotatable bonds is 4. The van der Waals surface area contributed by atoms with Crippen LogP contribution in [0.15, 0.2) is 18.2 Å². The first kappa shape index (κ1) is 13.2. The molecular weight excluding hydrogens is 250 g/mol. The molecule has 1 aromatic rings. The van der Waals surface area contributed by atoms with Crippen LogP contribution in [0.2, 0.25) is 0 Å². The fraction of sp³-hybridized carbons (Fsp3) is 0.462. The minimum Gasteiger partial charge on any atom is -0.508 e. The highest BCUT2D eigenvalue weighted by Crippen LogP contribution is 2.25. The molecule has 0 bridgehead atoms. The number of hydrogen-bond acceptors (Lipinski definition) is 5. The van der Waals surface area contributed by atoms with Gasteiger partial charge >= 0.3 is 0 Å². The van der Waals surface area contributed by atoms with Gasteiger partial charge in [-0.3, -0.25) is 9.69 Å². The van der Waals surface area contributed by atoms with Crippen LogP contribution >= 0.6 is 11.8 Å². The molecule has 0 amide bonds. The molecule has 1 atom stereocenters. The SMILES string of the molecule is CN(CC(=O)c1ccc(O)cc1O)C1CCSC1. The van der Waals surface area contributed by atoms with Crippen molar-refractivity contribution in [2.45, 2.75) is 12.5 Å². The van der Waals surface area contributed by atoms with Crippen LogP contribution in [0.3, 0.4) is 0 Å². The van der Waals surface area contributed by atoms with E-state index in [0.29, 0.717) is 12.6 Å². The molecule has 0 aromatic heterocycles. The largest absolute Gasteiger partial charge is 0.508 e. The molecule has 0 saturated carbocycles. The van der Waals surface area contributed by atoms with Crippen molar-refractivity contribution in [3.8, 4) is 11.5 Å². The minimum absolute atomic E-state index is 0.0374. The maximum atomic E-state index is 12.1. The lowest BCUT2D eigenvalue weighted by atomic mass is 10.1. The van der Waals surface area contributed by atoms with Crippen LogP contribution in [0.25, 0.3) is 0 Å². The smallest absolute Gasteiger partial charge is 0.180 e. The summed E-state index contributed by atoms with van der Waals surface area (Å²) in [7, 11) is 1.94. The van der Waals surface area contributed by atoms with Crippen LogP contribution in [0.5, 0.6) is 11.5 Å². The lowest BCUT2D eigenvalue weighted by Crippen LogP contribution is -2.35. The van der Waals surface area contributed by atoms with Crippen LogP contribution in [-0.4, -0.2) is 52.0 Å². The molecular formula is C13H17NO3S. The first-order valence-corrected chi connectivity index (χ1v) is 7.06. The molecule has 18 heavy (non-hydrogen) atoms. The number of carbonyl (C=O) groups excluding carboxylic acids is 1. The van der Waals surface area contributed by atoms with Crippen LogP contribution < -0.4 is 0 Å². The van der Waals surface area contributed by atoms with Gasteiger partial charge < -0.3 is 10.2 Å². The summed E-state index contributed by atoms with van der Waals surface area (Å²) in [4.78, 5) is 14.1. The highest BCUT2D eigenvalue weighted by molar-refractivity contribution is 7.99. The third-order valence-corrected chi connectivity index (χ3v) is 4.35. The van der Waals surface area contributed by atoms with Crippen LogP contribution in [0.4, 0.5) is 0 Å². The Morgan fingerprint density at radius 2 is 2.28 bits per heavy atom. The number of carbonyl (C=O) groups is 1. The van der Waals surface area contributed by atoms with Gasteiger partial charge in [0.2, 0.25) is 0 Å². The summed E-state index contributed by atoms with van der Waals surface area (Å²) in [6.07, 6.45) is 1.11. The molecule has 1 fully saturated rings. The number of hydrogen-bond donors (Lipinski definition) is 2. The van der Waals surface area contributed by atoms with Gasteiger partial charge in [-0.25, -0.2) is 0 Å². The van der Waals surface area contributed by atoms with E-state index in [4.69, 9.17) is 0 Å². The zero-order valence-electron chi connectivity index (χ0n) is 10.3. The van der Waals surface area contributed by atoms with Crippen molar-refractivity contribution < 1.29 is 15.0 Å². The van der Waals surface area contributed by atoms with Crippen LogP contribution in [0, 0.1) is 0 Å². The molecule has 1 aromatic carbocycles. The summed E-state index contributed by atoms with van der Waals surface area (Å²) in [6, 6.07) is 4.51. The number of ketones is 1. The summed E-state index contributed by atoms with van der Waals surface area (Å²) >= 11 is 1.90. The van der Waals surface area contributed by atoms with E-state index in [2.05, 4.69) is 0 Å². The summed E-state index contributed by atoms with van der Waals surface area (Å²) in [5.74, 6) is 1.89. The Morgan fingerprint density at radius 3 is 2.89 bits per heavy atom. The van der Waals surface area contributed by atoms with Gasteiger partial charge in [0, 0.05) is 17.9 Å². The normalized spacial score (nSPS) is 19.3. The van der Waals surface area contributed by atoms with E-state index in [1.165, 1.54) is 18.2 Å². The fourth-order valence-corrected chi connectivity index (χ4v) is 3.36. The summed E-state index contributed by atoms with van der Waals surface area (Å²) in [5.41, 5.74) is 0.269. The monoisotopic (exact) mass is 267 g/mol.